The van der Waals surface area contributed by atoms with Gasteiger partial charge >= 0.3 is 0 Å². The van der Waals surface area contributed by atoms with Crippen LogP contribution in [0.4, 0.5) is 0 Å². The second kappa shape index (κ2) is 6.52. The molecule has 24 heavy (non-hydrogen) atoms. The van der Waals surface area contributed by atoms with Gasteiger partial charge in [-0.25, -0.2) is 0 Å². The Balaban J connectivity index is 1.38. The molecule has 1 N–H and O–H groups in total. The second-order valence-corrected chi connectivity index (χ2v) is 7.30. The molecule has 4 heteroatoms. The number of amides is 1. The Hall–Kier alpha value is -1.94. The van der Waals surface area contributed by atoms with Crippen molar-refractivity contribution in [2.75, 3.05) is 13.1 Å². The molecule has 1 saturated heterocycles. The molecule has 1 amide bonds. The molecule has 0 spiro atoms. The van der Waals surface area contributed by atoms with Crippen LogP contribution in [-0.2, 0) is 11.3 Å². The highest BCUT2D eigenvalue weighted by Gasteiger charge is 2.36. The van der Waals surface area contributed by atoms with Gasteiger partial charge in [0.05, 0.1) is 5.52 Å². The largest absolute Gasteiger partial charge is 0.342 e. The number of pyridine rings is 1. The van der Waals surface area contributed by atoms with E-state index in [2.05, 4.69) is 46.4 Å². The van der Waals surface area contributed by atoms with Crippen LogP contribution >= 0.6 is 0 Å². The van der Waals surface area contributed by atoms with Crippen molar-refractivity contribution in [1.82, 2.24) is 15.2 Å². The van der Waals surface area contributed by atoms with Gasteiger partial charge < -0.3 is 10.2 Å². The summed E-state index contributed by atoms with van der Waals surface area (Å²) in [6, 6.07) is 10.9. The Morgan fingerprint density at radius 2 is 2.08 bits per heavy atom. The molecule has 1 aromatic heterocycles. The molecule has 1 saturated carbocycles. The minimum absolute atomic E-state index is 0.337. The van der Waals surface area contributed by atoms with Crippen LogP contribution in [0.5, 0.6) is 0 Å². The molecule has 2 heterocycles. The SMILES string of the molecule is C[C@@H]1CN(C(=O)C2CC2)CC[C@H]1NCc1cccc2cccnc12. The topological polar surface area (TPSA) is 45.2 Å². The lowest BCUT2D eigenvalue weighted by Crippen LogP contribution is -2.50. The Morgan fingerprint density at radius 1 is 1.25 bits per heavy atom. The summed E-state index contributed by atoms with van der Waals surface area (Å²) in [4.78, 5) is 18.9. The number of aromatic nitrogens is 1. The summed E-state index contributed by atoms with van der Waals surface area (Å²) < 4.78 is 0. The van der Waals surface area contributed by atoms with Gasteiger partial charge in [-0.1, -0.05) is 31.2 Å². The predicted molar refractivity (Wildman–Crippen MR) is 95.5 cm³/mol. The summed E-state index contributed by atoms with van der Waals surface area (Å²) in [6.45, 7) is 4.87. The standard InChI is InChI=1S/C20H25N3O/c1-14-13-23(20(24)16-7-8-16)11-9-18(14)22-12-17-5-2-4-15-6-3-10-21-19(15)17/h2-6,10,14,16,18,22H,7-9,11-13H2,1H3/t14-,18-/m1/s1. The highest BCUT2D eigenvalue weighted by atomic mass is 16.2. The number of likely N-dealkylation sites (tertiary alicyclic amines) is 1. The predicted octanol–water partition coefficient (Wildman–Crippen LogP) is 2.97. The second-order valence-electron chi connectivity index (χ2n) is 7.30. The lowest BCUT2D eigenvalue weighted by molar-refractivity contribution is -0.134. The van der Waals surface area contributed by atoms with Crippen molar-refractivity contribution in [1.29, 1.82) is 0 Å². The lowest BCUT2D eigenvalue weighted by atomic mass is 9.93. The van der Waals surface area contributed by atoms with Gasteiger partial charge in [-0.3, -0.25) is 9.78 Å². The third kappa shape index (κ3) is 3.16. The van der Waals surface area contributed by atoms with Gasteiger partial charge in [0.2, 0.25) is 5.91 Å². The van der Waals surface area contributed by atoms with Crippen LogP contribution in [-0.4, -0.2) is 34.9 Å². The minimum Gasteiger partial charge on any atom is -0.342 e. The normalized spacial score (nSPS) is 24.3. The number of hydrogen-bond donors (Lipinski definition) is 1. The summed E-state index contributed by atoms with van der Waals surface area (Å²) >= 11 is 0. The van der Waals surface area contributed by atoms with Gasteiger partial charge in [0.25, 0.3) is 0 Å². The zero-order chi connectivity index (χ0) is 16.5. The van der Waals surface area contributed by atoms with Crippen LogP contribution in [0.2, 0.25) is 0 Å². The molecule has 4 rings (SSSR count). The maximum atomic E-state index is 12.2. The molecular weight excluding hydrogens is 298 g/mol. The number of piperidine rings is 1. The summed E-state index contributed by atoms with van der Waals surface area (Å²) in [5.41, 5.74) is 2.33. The van der Waals surface area contributed by atoms with Gasteiger partial charge in [-0.05, 0) is 36.8 Å². The molecule has 2 atom stereocenters. The van der Waals surface area contributed by atoms with Gasteiger partial charge in [-0.15, -0.1) is 0 Å². The van der Waals surface area contributed by atoms with Crippen molar-refractivity contribution in [2.45, 2.75) is 38.8 Å². The lowest BCUT2D eigenvalue weighted by Gasteiger charge is -2.37. The average Bonchev–Trinajstić information content (AvgIpc) is 3.45. The van der Waals surface area contributed by atoms with E-state index in [0.717, 1.165) is 44.4 Å². The fourth-order valence-electron chi connectivity index (χ4n) is 3.79. The number of hydrogen-bond acceptors (Lipinski definition) is 3. The smallest absolute Gasteiger partial charge is 0.225 e. The van der Waals surface area contributed by atoms with Crippen LogP contribution in [0.15, 0.2) is 36.5 Å². The third-order valence-electron chi connectivity index (χ3n) is 5.41. The van der Waals surface area contributed by atoms with E-state index in [-0.39, 0.29) is 0 Å². The Labute approximate surface area is 143 Å². The van der Waals surface area contributed by atoms with Crippen molar-refractivity contribution in [3.05, 3.63) is 42.1 Å². The first-order chi connectivity index (χ1) is 11.7. The van der Waals surface area contributed by atoms with Crippen molar-refractivity contribution >= 4 is 16.8 Å². The van der Waals surface area contributed by atoms with Crippen LogP contribution in [0, 0.1) is 11.8 Å². The van der Waals surface area contributed by atoms with Crippen molar-refractivity contribution in [3.8, 4) is 0 Å². The molecule has 2 aliphatic rings. The molecule has 2 fully saturated rings. The van der Waals surface area contributed by atoms with E-state index in [1.54, 1.807) is 0 Å². The van der Waals surface area contributed by atoms with E-state index in [1.807, 2.05) is 12.3 Å². The average molecular weight is 323 g/mol. The molecule has 1 aliphatic carbocycles. The Bertz CT molecular complexity index is 735. The number of fused-ring (bicyclic) bond motifs is 1. The molecule has 4 nitrogen and oxygen atoms in total. The summed E-state index contributed by atoms with van der Waals surface area (Å²) in [7, 11) is 0. The van der Waals surface area contributed by atoms with Crippen LogP contribution < -0.4 is 5.32 Å². The van der Waals surface area contributed by atoms with Crippen molar-refractivity contribution < 1.29 is 4.79 Å². The minimum atomic E-state index is 0.337. The Morgan fingerprint density at radius 3 is 2.88 bits per heavy atom. The number of para-hydroxylation sites is 1. The fourth-order valence-corrected chi connectivity index (χ4v) is 3.79. The first-order valence-electron chi connectivity index (χ1n) is 9.07. The molecule has 126 valence electrons. The van der Waals surface area contributed by atoms with Crippen LogP contribution in [0.3, 0.4) is 0 Å². The quantitative estimate of drug-likeness (QED) is 0.941. The zero-order valence-electron chi connectivity index (χ0n) is 14.2. The Kier molecular flexibility index (Phi) is 4.23. The first-order valence-corrected chi connectivity index (χ1v) is 9.07. The molecule has 0 unspecified atom stereocenters. The fraction of sp³-hybridized carbons (Fsp3) is 0.500. The van der Waals surface area contributed by atoms with E-state index in [0.29, 0.717) is 23.8 Å². The molecular formula is C20H25N3O. The summed E-state index contributed by atoms with van der Waals surface area (Å²) in [6.07, 6.45) is 5.09. The summed E-state index contributed by atoms with van der Waals surface area (Å²) in [5, 5.41) is 4.90. The number of benzene rings is 1. The van der Waals surface area contributed by atoms with Gasteiger partial charge in [0, 0.05) is 43.2 Å². The maximum Gasteiger partial charge on any atom is 0.225 e. The monoisotopic (exact) mass is 323 g/mol. The maximum absolute atomic E-state index is 12.2. The first kappa shape index (κ1) is 15.6. The third-order valence-corrected chi connectivity index (χ3v) is 5.41. The zero-order valence-corrected chi connectivity index (χ0v) is 14.2. The molecule has 0 bridgehead atoms. The number of nitrogens with zero attached hydrogens (tertiary/aromatic N) is 2. The highest BCUT2D eigenvalue weighted by Crippen LogP contribution is 2.32. The van der Waals surface area contributed by atoms with E-state index >= 15 is 0 Å². The van der Waals surface area contributed by atoms with Crippen LogP contribution in [0.25, 0.3) is 10.9 Å². The molecule has 1 aromatic carbocycles. The molecule has 1 aliphatic heterocycles. The van der Waals surface area contributed by atoms with Gasteiger partial charge in [0.15, 0.2) is 0 Å². The van der Waals surface area contributed by atoms with Crippen molar-refractivity contribution in [2.24, 2.45) is 11.8 Å². The van der Waals surface area contributed by atoms with E-state index in [4.69, 9.17) is 0 Å². The van der Waals surface area contributed by atoms with E-state index < -0.39 is 0 Å². The van der Waals surface area contributed by atoms with Crippen molar-refractivity contribution in [3.63, 3.8) is 0 Å². The van der Waals surface area contributed by atoms with Gasteiger partial charge in [-0.2, -0.15) is 0 Å². The highest BCUT2D eigenvalue weighted by molar-refractivity contribution is 5.82. The molecule has 2 aromatic rings. The van der Waals surface area contributed by atoms with E-state index in [1.165, 1.54) is 10.9 Å². The number of rotatable bonds is 4. The van der Waals surface area contributed by atoms with E-state index in [9.17, 15) is 4.79 Å². The van der Waals surface area contributed by atoms with Crippen LogP contribution in [0.1, 0.15) is 31.7 Å². The summed E-state index contributed by atoms with van der Waals surface area (Å²) in [5.74, 6) is 1.21. The number of carbonyl (C=O) groups excluding carboxylic acids is 1. The number of carbonyl (C=O) groups is 1. The van der Waals surface area contributed by atoms with Gasteiger partial charge in [0.1, 0.15) is 0 Å². The molecule has 0 radical (unpaired) electrons. The number of nitrogens with one attached hydrogen (secondary N) is 1.